The number of ether oxygens (including phenoxy) is 3. The smallest absolute Gasteiger partial charge is 0.306 e. The lowest BCUT2D eigenvalue weighted by atomic mass is 10.00. The molecule has 368 valence electrons. The lowest BCUT2D eigenvalue weighted by Gasteiger charge is -2.18. The standard InChI is InChI=1S/C56H108O6/c1-5-8-10-12-14-16-18-20-22-23-24-25-27-28-30-32-34-39-43-47-54(57)60-50-53(51-61-55(58)48-44-40-37-36-38-42-46-52(4)7-3)62-56(59)49-45-41-35-33-31-29-26-21-19-17-15-13-11-9-6-2/h52-53H,5-51H2,1-4H3/t52?,53-/m0/s1. The second-order valence-electron chi connectivity index (χ2n) is 19.5. The minimum atomic E-state index is -0.762. The average Bonchev–Trinajstić information content (AvgIpc) is 3.27. The van der Waals surface area contributed by atoms with Crippen molar-refractivity contribution in [3.05, 3.63) is 0 Å². The fourth-order valence-corrected chi connectivity index (χ4v) is 8.54. The van der Waals surface area contributed by atoms with Gasteiger partial charge in [-0.05, 0) is 25.2 Å². The van der Waals surface area contributed by atoms with E-state index >= 15 is 0 Å². The van der Waals surface area contributed by atoms with Crippen molar-refractivity contribution in [1.29, 1.82) is 0 Å². The molecule has 0 rings (SSSR count). The number of carbonyl (C=O) groups is 3. The summed E-state index contributed by atoms with van der Waals surface area (Å²) in [5.41, 5.74) is 0. The fraction of sp³-hybridized carbons (Fsp3) is 0.946. The van der Waals surface area contributed by atoms with Crippen LogP contribution in [0, 0.1) is 5.92 Å². The van der Waals surface area contributed by atoms with Gasteiger partial charge in [0.05, 0.1) is 0 Å². The summed E-state index contributed by atoms with van der Waals surface area (Å²) in [7, 11) is 0. The van der Waals surface area contributed by atoms with E-state index in [1.165, 1.54) is 212 Å². The molecule has 0 aromatic heterocycles. The molecule has 0 saturated carbocycles. The minimum Gasteiger partial charge on any atom is -0.462 e. The zero-order chi connectivity index (χ0) is 45.2. The summed E-state index contributed by atoms with van der Waals surface area (Å²) in [6.07, 6.45) is 53.8. The molecule has 0 fully saturated rings. The van der Waals surface area contributed by atoms with Gasteiger partial charge >= 0.3 is 17.9 Å². The summed E-state index contributed by atoms with van der Waals surface area (Å²) in [5, 5.41) is 0. The summed E-state index contributed by atoms with van der Waals surface area (Å²) in [6.45, 7) is 9.02. The highest BCUT2D eigenvalue weighted by atomic mass is 16.6. The van der Waals surface area contributed by atoms with E-state index in [1.807, 2.05) is 0 Å². The second-order valence-corrected chi connectivity index (χ2v) is 19.5. The van der Waals surface area contributed by atoms with Gasteiger partial charge < -0.3 is 14.2 Å². The zero-order valence-electron chi connectivity index (χ0n) is 42.3. The molecular formula is C56H108O6. The Morgan fingerprint density at radius 2 is 0.565 bits per heavy atom. The van der Waals surface area contributed by atoms with Gasteiger partial charge in [-0.25, -0.2) is 0 Å². The second kappa shape index (κ2) is 50.4. The first-order valence-electron chi connectivity index (χ1n) is 27.9. The van der Waals surface area contributed by atoms with Crippen molar-refractivity contribution in [1.82, 2.24) is 0 Å². The Bertz CT molecular complexity index is 935. The highest BCUT2D eigenvalue weighted by Gasteiger charge is 2.19. The molecule has 0 aliphatic rings. The van der Waals surface area contributed by atoms with E-state index in [0.29, 0.717) is 19.3 Å². The molecule has 0 aliphatic heterocycles. The molecule has 6 heteroatoms. The first kappa shape index (κ1) is 60.4. The monoisotopic (exact) mass is 877 g/mol. The van der Waals surface area contributed by atoms with Crippen LogP contribution >= 0.6 is 0 Å². The molecule has 0 saturated heterocycles. The van der Waals surface area contributed by atoms with Crippen LogP contribution in [0.1, 0.15) is 317 Å². The van der Waals surface area contributed by atoms with Gasteiger partial charge in [-0.2, -0.15) is 0 Å². The van der Waals surface area contributed by atoms with Crippen molar-refractivity contribution in [2.24, 2.45) is 5.92 Å². The van der Waals surface area contributed by atoms with Crippen molar-refractivity contribution in [3.63, 3.8) is 0 Å². The summed E-state index contributed by atoms with van der Waals surface area (Å²) >= 11 is 0. The van der Waals surface area contributed by atoms with Gasteiger partial charge in [-0.3, -0.25) is 14.4 Å². The quantitative estimate of drug-likeness (QED) is 0.0344. The first-order valence-corrected chi connectivity index (χ1v) is 27.9. The van der Waals surface area contributed by atoms with Crippen LogP contribution in [0.25, 0.3) is 0 Å². The van der Waals surface area contributed by atoms with Crippen molar-refractivity contribution in [3.8, 4) is 0 Å². The van der Waals surface area contributed by atoms with Crippen molar-refractivity contribution >= 4 is 17.9 Å². The van der Waals surface area contributed by atoms with Crippen LogP contribution in [-0.2, 0) is 28.6 Å². The normalized spacial score (nSPS) is 12.4. The summed E-state index contributed by atoms with van der Waals surface area (Å²) < 4.78 is 16.8. The van der Waals surface area contributed by atoms with Crippen molar-refractivity contribution in [2.75, 3.05) is 13.2 Å². The third-order valence-electron chi connectivity index (χ3n) is 13.2. The van der Waals surface area contributed by atoms with Crippen molar-refractivity contribution in [2.45, 2.75) is 323 Å². The number of unbranched alkanes of at least 4 members (excludes halogenated alkanes) is 37. The van der Waals surface area contributed by atoms with Gasteiger partial charge in [0, 0.05) is 19.3 Å². The molecule has 62 heavy (non-hydrogen) atoms. The summed E-state index contributed by atoms with van der Waals surface area (Å²) in [5.74, 6) is -0.0286. The largest absolute Gasteiger partial charge is 0.462 e. The molecule has 0 spiro atoms. The van der Waals surface area contributed by atoms with Gasteiger partial charge in [-0.15, -0.1) is 0 Å². The fourth-order valence-electron chi connectivity index (χ4n) is 8.54. The Kier molecular flexibility index (Phi) is 49.1. The molecule has 0 amide bonds. The summed E-state index contributed by atoms with van der Waals surface area (Å²) in [4.78, 5) is 38.0. The molecule has 0 bridgehead atoms. The molecular weight excluding hydrogens is 769 g/mol. The van der Waals surface area contributed by atoms with E-state index < -0.39 is 6.10 Å². The lowest BCUT2D eigenvalue weighted by Crippen LogP contribution is -2.30. The predicted octanol–water partition coefficient (Wildman–Crippen LogP) is 18.2. The predicted molar refractivity (Wildman–Crippen MR) is 266 cm³/mol. The van der Waals surface area contributed by atoms with Crippen LogP contribution in [-0.4, -0.2) is 37.2 Å². The Hall–Kier alpha value is -1.59. The van der Waals surface area contributed by atoms with E-state index in [-0.39, 0.29) is 31.1 Å². The maximum absolute atomic E-state index is 12.8. The molecule has 1 unspecified atom stereocenters. The highest BCUT2D eigenvalue weighted by Crippen LogP contribution is 2.18. The number of hydrogen-bond acceptors (Lipinski definition) is 6. The van der Waals surface area contributed by atoms with Gasteiger partial charge in [0.1, 0.15) is 13.2 Å². The Morgan fingerprint density at radius 3 is 0.839 bits per heavy atom. The Labute approximate surface area is 387 Å². The van der Waals surface area contributed by atoms with E-state index in [4.69, 9.17) is 14.2 Å². The van der Waals surface area contributed by atoms with Crippen LogP contribution in [0.5, 0.6) is 0 Å². The molecule has 0 aromatic carbocycles. The van der Waals surface area contributed by atoms with Gasteiger partial charge in [0.25, 0.3) is 0 Å². The lowest BCUT2D eigenvalue weighted by molar-refractivity contribution is -0.167. The summed E-state index contributed by atoms with van der Waals surface area (Å²) in [6, 6.07) is 0. The topological polar surface area (TPSA) is 78.9 Å². The SMILES string of the molecule is CCCCCCCCCCCCCCCCCCCCCC(=O)OC[C@@H](COC(=O)CCCCCCCCC(C)CC)OC(=O)CCCCCCCCCCCCCCCCC. The zero-order valence-corrected chi connectivity index (χ0v) is 42.3. The highest BCUT2D eigenvalue weighted by molar-refractivity contribution is 5.71. The van der Waals surface area contributed by atoms with Crippen LogP contribution in [0.2, 0.25) is 0 Å². The maximum atomic E-state index is 12.8. The van der Waals surface area contributed by atoms with Crippen LogP contribution < -0.4 is 0 Å². The first-order chi connectivity index (χ1) is 30.4. The van der Waals surface area contributed by atoms with Crippen molar-refractivity contribution < 1.29 is 28.6 Å². The van der Waals surface area contributed by atoms with Gasteiger partial charge in [0.2, 0.25) is 0 Å². The van der Waals surface area contributed by atoms with Crippen LogP contribution in [0.15, 0.2) is 0 Å². The number of carbonyl (C=O) groups excluding carboxylic acids is 3. The molecule has 2 atom stereocenters. The third-order valence-corrected chi connectivity index (χ3v) is 13.2. The maximum Gasteiger partial charge on any atom is 0.306 e. The molecule has 0 radical (unpaired) electrons. The van der Waals surface area contributed by atoms with Crippen LogP contribution in [0.4, 0.5) is 0 Å². The van der Waals surface area contributed by atoms with E-state index in [2.05, 4.69) is 27.7 Å². The van der Waals surface area contributed by atoms with E-state index in [1.54, 1.807) is 0 Å². The Morgan fingerprint density at radius 1 is 0.323 bits per heavy atom. The van der Waals surface area contributed by atoms with E-state index in [9.17, 15) is 14.4 Å². The Balaban J connectivity index is 4.24. The molecule has 6 nitrogen and oxygen atoms in total. The molecule has 0 heterocycles. The molecule has 0 N–H and O–H groups in total. The molecule has 0 aliphatic carbocycles. The number of hydrogen-bond donors (Lipinski definition) is 0. The average molecular weight is 877 g/mol. The molecule has 0 aromatic rings. The van der Waals surface area contributed by atoms with Crippen LogP contribution in [0.3, 0.4) is 0 Å². The van der Waals surface area contributed by atoms with E-state index in [0.717, 1.165) is 63.7 Å². The van der Waals surface area contributed by atoms with Gasteiger partial charge in [0.15, 0.2) is 6.10 Å². The minimum absolute atomic E-state index is 0.0630. The van der Waals surface area contributed by atoms with Gasteiger partial charge in [-0.1, -0.05) is 278 Å². The third kappa shape index (κ3) is 47.9. The number of esters is 3. The number of rotatable bonds is 51.